The van der Waals surface area contributed by atoms with Gasteiger partial charge in [-0.2, -0.15) is 0 Å². The molecule has 2 radical (unpaired) electrons. The first-order valence-electron chi connectivity index (χ1n) is 6.53. The summed E-state index contributed by atoms with van der Waals surface area (Å²) in [6.07, 6.45) is 2.63. The van der Waals surface area contributed by atoms with Crippen molar-refractivity contribution in [1.29, 1.82) is 0 Å². The van der Waals surface area contributed by atoms with Crippen LogP contribution < -0.4 is 10.6 Å². The van der Waals surface area contributed by atoms with Gasteiger partial charge in [-0.1, -0.05) is 77.8 Å². The molecule has 0 aromatic heterocycles. The molecule has 2 rings (SSSR count). The van der Waals surface area contributed by atoms with E-state index in [9.17, 15) is 0 Å². The van der Waals surface area contributed by atoms with Gasteiger partial charge in [-0.05, 0) is 22.9 Å². The SMILES string of the molecule is [CH3][Ge][CH3].c1ccc(PCCPc2ccccc2)cc1. The number of rotatable bonds is 5. The van der Waals surface area contributed by atoms with E-state index in [1.54, 1.807) is 0 Å². The van der Waals surface area contributed by atoms with Gasteiger partial charge in [-0.25, -0.2) is 0 Å². The molecular formula is C16H22GeP2. The Morgan fingerprint density at radius 2 is 1.00 bits per heavy atom. The average Bonchev–Trinajstić information content (AvgIpc) is 2.47. The van der Waals surface area contributed by atoms with E-state index in [4.69, 9.17) is 0 Å². The molecule has 100 valence electrons. The summed E-state index contributed by atoms with van der Waals surface area (Å²) in [7, 11) is 1.93. The van der Waals surface area contributed by atoms with Crippen LogP contribution in [0.2, 0.25) is 11.5 Å². The van der Waals surface area contributed by atoms with Crippen molar-refractivity contribution in [2.75, 3.05) is 12.3 Å². The van der Waals surface area contributed by atoms with Gasteiger partial charge in [-0.15, -0.1) is 0 Å². The van der Waals surface area contributed by atoms with Gasteiger partial charge in [0.1, 0.15) is 0 Å². The molecule has 0 fully saturated rings. The molecule has 0 amide bonds. The molecule has 2 aromatic carbocycles. The zero-order valence-electron chi connectivity index (χ0n) is 11.7. The molecule has 2 atom stereocenters. The third-order valence-electron chi connectivity index (χ3n) is 2.33. The van der Waals surface area contributed by atoms with Crippen LogP contribution in [0.3, 0.4) is 0 Å². The third-order valence-corrected chi connectivity index (χ3v) is 5.31. The molecular weight excluding hydrogens is 327 g/mol. The molecule has 2 aromatic rings. The van der Waals surface area contributed by atoms with Crippen LogP contribution in [0.4, 0.5) is 0 Å². The maximum absolute atomic E-state index is 2.25. The number of hydrogen-bond donors (Lipinski definition) is 0. The summed E-state index contributed by atoms with van der Waals surface area (Å²) in [4.78, 5) is 0. The van der Waals surface area contributed by atoms with Gasteiger partial charge in [-0.3, -0.25) is 0 Å². The van der Waals surface area contributed by atoms with Crippen LogP contribution in [-0.2, 0) is 0 Å². The molecule has 0 aliphatic heterocycles. The Hall–Kier alpha value is -0.157. The molecule has 0 spiro atoms. The summed E-state index contributed by atoms with van der Waals surface area (Å²) in [5.74, 6) is 4.50. The van der Waals surface area contributed by atoms with E-state index < -0.39 is 0 Å². The molecule has 0 bridgehead atoms. The maximum atomic E-state index is 2.25. The maximum Gasteiger partial charge on any atom is -0.0271 e. The largest absolute Gasteiger partial charge is 0.0900 e. The smallest absolute Gasteiger partial charge is 0.0271 e. The van der Waals surface area contributed by atoms with Crippen LogP contribution in [0, 0.1) is 0 Å². The van der Waals surface area contributed by atoms with E-state index in [1.165, 1.54) is 22.9 Å². The van der Waals surface area contributed by atoms with E-state index >= 15 is 0 Å². The quantitative estimate of drug-likeness (QED) is 0.438. The first-order valence-corrected chi connectivity index (χ1v) is 13.1. The van der Waals surface area contributed by atoms with Gasteiger partial charge >= 0.3 is 26.9 Å². The van der Waals surface area contributed by atoms with Crippen LogP contribution in [0.5, 0.6) is 0 Å². The van der Waals surface area contributed by atoms with Crippen molar-refractivity contribution in [2.45, 2.75) is 11.5 Å². The normalized spacial score (nSPS) is 10.8. The van der Waals surface area contributed by atoms with Gasteiger partial charge in [0.2, 0.25) is 0 Å². The van der Waals surface area contributed by atoms with Gasteiger partial charge in [0.05, 0.1) is 0 Å². The zero-order valence-corrected chi connectivity index (χ0v) is 15.8. The first-order chi connectivity index (χ1) is 9.36. The standard InChI is InChI=1S/C14H16P2.C2H6Ge/c1-3-7-13(8-4-1)15-11-12-16-14-9-5-2-6-10-14;1-3-2/h1-10,15-16H,11-12H2;1-2H3. The molecule has 0 heterocycles. The van der Waals surface area contributed by atoms with E-state index in [0.717, 1.165) is 17.2 Å². The Kier molecular flexibility index (Phi) is 10.4. The van der Waals surface area contributed by atoms with E-state index in [1.807, 2.05) is 0 Å². The Morgan fingerprint density at radius 1 is 0.684 bits per heavy atom. The predicted molar refractivity (Wildman–Crippen MR) is 96.0 cm³/mol. The van der Waals surface area contributed by atoms with Crippen LogP contribution in [-0.4, -0.2) is 27.8 Å². The van der Waals surface area contributed by atoms with Crippen LogP contribution in [0.15, 0.2) is 60.7 Å². The summed E-state index contributed by atoms with van der Waals surface area (Å²) in [6.45, 7) is 0. The number of benzene rings is 2. The van der Waals surface area contributed by atoms with Crippen molar-refractivity contribution < 1.29 is 0 Å². The monoisotopic (exact) mass is 350 g/mol. The Morgan fingerprint density at radius 3 is 1.32 bits per heavy atom. The Labute approximate surface area is 127 Å². The fourth-order valence-corrected chi connectivity index (χ4v) is 3.96. The van der Waals surface area contributed by atoms with Crippen molar-refractivity contribution in [3.05, 3.63) is 60.7 Å². The van der Waals surface area contributed by atoms with Gasteiger partial charge in [0, 0.05) is 0 Å². The second-order valence-electron chi connectivity index (χ2n) is 4.09. The van der Waals surface area contributed by atoms with Gasteiger partial charge < -0.3 is 0 Å². The molecule has 2 unspecified atom stereocenters. The molecule has 3 heteroatoms. The topological polar surface area (TPSA) is 0 Å². The van der Waals surface area contributed by atoms with Crippen molar-refractivity contribution in [1.82, 2.24) is 0 Å². The molecule has 19 heavy (non-hydrogen) atoms. The summed E-state index contributed by atoms with van der Waals surface area (Å²) in [5, 5.41) is 2.97. The van der Waals surface area contributed by atoms with Crippen LogP contribution in [0.25, 0.3) is 0 Å². The zero-order chi connectivity index (χ0) is 13.8. The molecule has 0 saturated carbocycles. The Bertz CT molecular complexity index is 376. The van der Waals surface area contributed by atoms with Gasteiger partial charge in [0.15, 0.2) is 0 Å². The molecule has 0 aliphatic carbocycles. The summed E-state index contributed by atoms with van der Waals surface area (Å²) in [6, 6.07) is 21.6. The van der Waals surface area contributed by atoms with E-state index in [-0.39, 0.29) is 0 Å². The fourth-order valence-electron chi connectivity index (χ4n) is 1.53. The molecule has 0 nitrogen and oxygen atoms in total. The summed E-state index contributed by atoms with van der Waals surface area (Å²) >= 11 is 0.500. The second kappa shape index (κ2) is 11.7. The second-order valence-corrected chi connectivity index (χ2v) is 9.05. The first kappa shape index (κ1) is 16.9. The minimum absolute atomic E-state index is 0.500. The fraction of sp³-hybridized carbons (Fsp3) is 0.250. The predicted octanol–water partition coefficient (Wildman–Crippen LogP) is 3.78. The van der Waals surface area contributed by atoms with E-state index in [0.29, 0.717) is 15.4 Å². The molecule has 0 saturated heterocycles. The minimum Gasteiger partial charge on any atom is -0.0900 e. The Balaban J connectivity index is 0.000000550. The number of hydrogen-bond acceptors (Lipinski definition) is 0. The van der Waals surface area contributed by atoms with Crippen molar-refractivity contribution in [3.8, 4) is 0 Å². The van der Waals surface area contributed by atoms with Crippen molar-refractivity contribution >= 4 is 43.2 Å². The average molecular weight is 349 g/mol. The molecule has 0 N–H and O–H groups in total. The summed E-state index contributed by atoms with van der Waals surface area (Å²) in [5.41, 5.74) is 0. The van der Waals surface area contributed by atoms with E-state index in [2.05, 4.69) is 72.2 Å². The van der Waals surface area contributed by atoms with Crippen molar-refractivity contribution in [3.63, 3.8) is 0 Å². The third kappa shape index (κ3) is 8.58. The summed E-state index contributed by atoms with van der Waals surface area (Å²) < 4.78 is 0. The van der Waals surface area contributed by atoms with Crippen LogP contribution >= 0.6 is 17.2 Å². The van der Waals surface area contributed by atoms with Crippen LogP contribution in [0.1, 0.15) is 0 Å². The van der Waals surface area contributed by atoms with Gasteiger partial charge in [0.25, 0.3) is 0 Å². The minimum atomic E-state index is 0.500. The molecule has 0 aliphatic rings. The van der Waals surface area contributed by atoms with Crippen molar-refractivity contribution in [2.24, 2.45) is 0 Å².